The lowest BCUT2D eigenvalue weighted by Gasteiger charge is -2.38. The van der Waals surface area contributed by atoms with E-state index in [9.17, 15) is 24.0 Å². The van der Waals surface area contributed by atoms with Crippen LogP contribution in [-0.2, 0) is 23.7 Å². The average Bonchev–Trinajstić information content (AvgIpc) is 3.23. The summed E-state index contributed by atoms with van der Waals surface area (Å²) in [6.07, 6.45) is -7.81. The van der Waals surface area contributed by atoms with Crippen molar-refractivity contribution in [3.8, 4) is 0 Å². The Hall–Kier alpha value is -5.59. The number of halogens is 2. The van der Waals surface area contributed by atoms with Gasteiger partial charge in [0, 0.05) is 10.7 Å². The molecule has 0 aromatic heterocycles. The van der Waals surface area contributed by atoms with E-state index in [0.717, 1.165) is 0 Å². The predicted molar refractivity (Wildman–Crippen MR) is 206 cm³/mol. The van der Waals surface area contributed by atoms with Crippen molar-refractivity contribution in [1.29, 1.82) is 0 Å². The summed E-state index contributed by atoms with van der Waals surface area (Å²) in [6.45, 7) is 0. The second-order valence-electron chi connectivity index (χ2n) is 11.6. The summed E-state index contributed by atoms with van der Waals surface area (Å²) in [6, 6.07) is 40.2. The highest BCUT2D eigenvalue weighted by Gasteiger charge is 2.48. The lowest BCUT2D eigenvalue weighted by Crippen LogP contribution is -2.57. The molecule has 0 radical (unpaired) electrons. The lowest BCUT2D eigenvalue weighted by atomic mass is 9.98. The van der Waals surface area contributed by atoms with E-state index in [1.165, 1.54) is 36.4 Å². The van der Waals surface area contributed by atoms with E-state index >= 15 is 0 Å². The van der Waals surface area contributed by atoms with E-state index in [1.807, 2.05) is 0 Å². The normalized spacial score (nSPS) is 13.5. The molecule has 12 heteroatoms. The molecule has 0 aliphatic carbocycles. The van der Waals surface area contributed by atoms with Crippen LogP contribution < -0.4 is 0 Å². The molecule has 5 aromatic carbocycles. The monoisotopic (exact) mass is 856 g/mol. The van der Waals surface area contributed by atoms with E-state index in [-0.39, 0.29) is 38.5 Å². The maximum Gasteiger partial charge on any atom is 0.338 e. The van der Waals surface area contributed by atoms with Gasteiger partial charge in [-0.25, -0.2) is 24.0 Å². The fraction of sp³-hybridized carbons (Fsp3) is 0.167. The number of carbonyl (C=O) groups excluding carboxylic acids is 5. The maximum atomic E-state index is 13.9. The Morgan fingerprint density at radius 2 is 0.537 bits per heavy atom. The van der Waals surface area contributed by atoms with Gasteiger partial charge in [0.25, 0.3) is 0 Å². The van der Waals surface area contributed by atoms with Crippen LogP contribution in [0.1, 0.15) is 51.8 Å². The van der Waals surface area contributed by atoms with Crippen LogP contribution in [0.3, 0.4) is 0 Å². The first-order valence-corrected chi connectivity index (χ1v) is 19.0. The Kier molecular flexibility index (Phi) is 14.7. The highest BCUT2D eigenvalue weighted by atomic mass is 79.9. The molecule has 0 saturated heterocycles. The largest absolute Gasteiger partial charge is 0.454 e. The van der Waals surface area contributed by atoms with Gasteiger partial charge in [-0.2, -0.15) is 0 Å². The molecule has 0 spiro atoms. The van der Waals surface area contributed by atoms with Crippen molar-refractivity contribution in [3.63, 3.8) is 0 Å². The molecule has 0 fully saturated rings. The van der Waals surface area contributed by atoms with Gasteiger partial charge in [0.15, 0.2) is 30.5 Å². The summed E-state index contributed by atoms with van der Waals surface area (Å²) in [5.41, 5.74) is 0.748. The fourth-order valence-corrected chi connectivity index (χ4v) is 6.26. The first kappa shape index (κ1) is 39.6. The number of hydrogen-bond donors (Lipinski definition) is 0. The molecular weight excluding hydrogens is 824 g/mol. The molecule has 0 heterocycles. The van der Waals surface area contributed by atoms with E-state index < -0.39 is 60.4 Å². The van der Waals surface area contributed by atoms with Crippen LogP contribution in [0.5, 0.6) is 0 Å². The van der Waals surface area contributed by atoms with E-state index in [2.05, 4.69) is 31.9 Å². The summed E-state index contributed by atoms with van der Waals surface area (Å²) in [4.78, 5) is 68.6. The van der Waals surface area contributed by atoms with Crippen molar-refractivity contribution in [3.05, 3.63) is 179 Å². The lowest BCUT2D eigenvalue weighted by molar-refractivity contribution is -0.139. The second kappa shape index (κ2) is 20.0. The van der Waals surface area contributed by atoms with Crippen LogP contribution in [0.2, 0.25) is 0 Å². The number of hydrogen-bond acceptors (Lipinski definition) is 10. The van der Waals surface area contributed by atoms with Crippen LogP contribution >= 0.6 is 31.9 Å². The third kappa shape index (κ3) is 10.7. The van der Waals surface area contributed by atoms with Gasteiger partial charge >= 0.3 is 29.8 Å². The first-order chi connectivity index (χ1) is 26.3. The van der Waals surface area contributed by atoms with Crippen LogP contribution in [0, 0.1) is 0 Å². The Labute approximate surface area is 328 Å². The van der Waals surface area contributed by atoms with Crippen molar-refractivity contribution in [2.75, 3.05) is 10.7 Å². The molecule has 0 aliphatic heterocycles. The molecule has 0 saturated carbocycles. The van der Waals surface area contributed by atoms with E-state index in [1.54, 1.807) is 115 Å². The molecule has 5 atom stereocenters. The molecule has 0 bridgehead atoms. The number of ether oxygens (including phenoxy) is 5. The van der Waals surface area contributed by atoms with Crippen molar-refractivity contribution >= 4 is 61.7 Å². The van der Waals surface area contributed by atoms with Crippen molar-refractivity contribution in [1.82, 2.24) is 0 Å². The van der Waals surface area contributed by atoms with Gasteiger partial charge in [0.1, 0.15) is 0 Å². The van der Waals surface area contributed by atoms with Gasteiger partial charge in [0.05, 0.1) is 27.8 Å². The average molecular weight is 859 g/mol. The molecule has 0 amide bonds. The van der Waals surface area contributed by atoms with Crippen LogP contribution in [0.25, 0.3) is 0 Å². The summed E-state index contributed by atoms with van der Waals surface area (Å²) < 4.78 is 30.3. The van der Waals surface area contributed by atoms with E-state index in [4.69, 9.17) is 23.7 Å². The van der Waals surface area contributed by atoms with Crippen molar-refractivity contribution in [2.45, 2.75) is 30.5 Å². The quantitative estimate of drug-likeness (QED) is 0.0548. The van der Waals surface area contributed by atoms with Crippen LogP contribution in [0.4, 0.5) is 0 Å². The predicted octanol–water partition coefficient (Wildman–Crippen LogP) is 7.90. The van der Waals surface area contributed by atoms with E-state index in [0.29, 0.717) is 0 Å². The molecule has 0 N–H and O–H groups in total. The Bertz CT molecular complexity index is 1860. The van der Waals surface area contributed by atoms with Gasteiger partial charge in [0.2, 0.25) is 0 Å². The topological polar surface area (TPSA) is 132 Å². The standard InChI is InChI=1S/C42H34Br2O10/c43-26-33(50-38(45)28-16-6-1-7-17-28)35(52-40(47)30-20-10-3-11-21-30)37(54-42(49)32-24-14-5-15-25-32)36(53-41(48)31-22-12-4-13-23-31)34(27-44)51-39(46)29-18-8-2-9-19-29/h1-25,33-37H,26-27H2/t33-,34+,35-,36-,37?/m1/s1. The minimum absolute atomic E-state index is 0.108. The third-order valence-electron chi connectivity index (χ3n) is 7.98. The van der Waals surface area contributed by atoms with Gasteiger partial charge in [-0.05, 0) is 60.7 Å². The summed E-state index contributed by atoms with van der Waals surface area (Å²) in [7, 11) is 0. The minimum atomic E-state index is -1.75. The van der Waals surface area contributed by atoms with Crippen molar-refractivity contribution < 1.29 is 47.7 Å². The summed E-state index contributed by atoms with van der Waals surface area (Å²) >= 11 is 6.79. The minimum Gasteiger partial charge on any atom is -0.454 e. The zero-order valence-electron chi connectivity index (χ0n) is 28.6. The number of rotatable bonds is 16. The zero-order valence-corrected chi connectivity index (χ0v) is 31.7. The van der Waals surface area contributed by atoms with Gasteiger partial charge in [-0.3, -0.25) is 0 Å². The highest BCUT2D eigenvalue weighted by Crippen LogP contribution is 2.28. The molecule has 0 aliphatic rings. The third-order valence-corrected chi connectivity index (χ3v) is 9.25. The molecule has 276 valence electrons. The van der Waals surface area contributed by atoms with Gasteiger partial charge in [-0.1, -0.05) is 123 Å². The molecule has 5 rings (SSSR count). The highest BCUT2D eigenvalue weighted by molar-refractivity contribution is 9.09. The second-order valence-corrected chi connectivity index (χ2v) is 12.9. The molecular formula is C42H34Br2O10. The maximum absolute atomic E-state index is 13.9. The number of alkyl halides is 2. The Morgan fingerprint density at radius 1 is 0.333 bits per heavy atom. The number of benzene rings is 5. The van der Waals surface area contributed by atoms with Crippen LogP contribution in [0.15, 0.2) is 152 Å². The first-order valence-electron chi connectivity index (χ1n) is 16.7. The summed E-state index contributed by atoms with van der Waals surface area (Å²) in [5.74, 6) is -4.19. The van der Waals surface area contributed by atoms with Gasteiger partial charge < -0.3 is 23.7 Å². The fourth-order valence-electron chi connectivity index (χ4n) is 5.26. The molecule has 10 nitrogen and oxygen atoms in total. The number of esters is 5. The Morgan fingerprint density at radius 3 is 0.759 bits per heavy atom. The SMILES string of the molecule is O=C(OC([C@H](OC(=O)c1ccccc1)[C@H](CBr)OC(=O)c1ccccc1)[C@H](OC(=O)c1ccccc1)[C@@H](CBr)OC(=O)c1ccccc1)c1ccccc1. The molecule has 54 heavy (non-hydrogen) atoms. The Balaban J connectivity index is 1.65. The molecule has 5 aromatic rings. The molecule has 1 unspecified atom stereocenters. The smallest absolute Gasteiger partial charge is 0.338 e. The zero-order chi connectivity index (χ0) is 38.3. The van der Waals surface area contributed by atoms with Crippen LogP contribution in [-0.4, -0.2) is 71.0 Å². The van der Waals surface area contributed by atoms with Gasteiger partial charge in [-0.15, -0.1) is 0 Å². The van der Waals surface area contributed by atoms with Crippen molar-refractivity contribution in [2.24, 2.45) is 0 Å². The number of carbonyl (C=O) groups is 5. The summed E-state index contributed by atoms with van der Waals surface area (Å²) in [5, 5.41) is -0.278.